The van der Waals surface area contributed by atoms with Crippen molar-refractivity contribution in [3.63, 3.8) is 0 Å². The molecule has 0 fully saturated rings. The Kier molecular flexibility index (Phi) is 4.85. The summed E-state index contributed by atoms with van der Waals surface area (Å²) >= 11 is 6.05. The number of benzene rings is 2. The normalized spacial score (nSPS) is 13.4. The Bertz CT molecular complexity index is 896. The largest absolute Gasteiger partial charge is 0.393 e. The van der Waals surface area contributed by atoms with E-state index in [4.69, 9.17) is 11.6 Å². The first-order valence-electron chi connectivity index (χ1n) is 8.62. The highest BCUT2D eigenvalue weighted by molar-refractivity contribution is 6.31. The number of aromatic nitrogens is 3. The summed E-state index contributed by atoms with van der Waals surface area (Å²) in [6, 6.07) is 11.8. The third-order valence-electron chi connectivity index (χ3n) is 4.36. The summed E-state index contributed by atoms with van der Waals surface area (Å²) in [4.78, 5) is 1.65. The second kappa shape index (κ2) is 6.77. The number of fused-ring (bicyclic) bond motifs is 1. The van der Waals surface area contributed by atoms with Crippen LogP contribution in [0.5, 0.6) is 0 Å². The van der Waals surface area contributed by atoms with E-state index in [-0.39, 0.29) is 11.5 Å². The number of nitrogens with zero attached hydrogens (tertiary/aromatic N) is 3. The molecule has 0 saturated heterocycles. The van der Waals surface area contributed by atoms with E-state index in [0.29, 0.717) is 11.4 Å². The van der Waals surface area contributed by atoms with Crippen LogP contribution in [0.2, 0.25) is 5.02 Å². The van der Waals surface area contributed by atoms with Gasteiger partial charge in [0.15, 0.2) is 0 Å². The van der Waals surface area contributed by atoms with E-state index in [1.807, 2.05) is 25.1 Å². The van der Waals surface area contributed by atoms with Crippen LogP contribution in [0.25, 0.3) is 16.7 Å². The van der Waals surface area contributed by atoms with Gasteiger partial charge in [0.25, 0.3) is 0 Å². The first kappa shape index (κ1) is 17.9. The molecule has 0 bridgehead atoms. The van der Waals surface area contributed by atoms with E-state index < -0.39 is 0 Å². The molecule has 3 rings (SSSR count). The molecule has 0 amide bonds. The van der Waals surface area contributed by atoms with Gasteiger partial charge in [-0.25, -0.2) is 0 Å². The van der Waals surface area contributed by atoms with Gasteiger partial charge in [-0.1, -0.05) is 45.4 Å². The minimum absolute atomic E-state index is 0.00217. The highest BCUT2D eigenvalue weighted by Gasteiger charge is 2.18. The van der Waals surface area contributed by atoms with Gasteiger partial charge in [0, 0.05) is 5.02 Å². The van der Waals surface area contributed by atoms with Gasteiger partial charge in [-0.15, -0.1) is 10.2 Å². The van der Waals surface area contributed by atoms with Gasteiger partial charge in [0.05, 0.1) is 11.8 Å². The molecule has 4 nitrogen and oxygen atoms in total. The Morgan fingerprint density at radius 2 is 1.80 bits per heavy atom. The minimum Gasteiger partial charge on any atom is -0.393 e. The van der Waals surface area contributed by atoms with Crippen molar-refractivity contribution in [2.24, 2.45) is 0 Å². The van der Waals surface area contributed by atoms with Gasteiger partial charge in [-0.05, 0) is 59.7 Å². The summed E-state index contributed by atoms with van der Waals surface area (Å²) in [6.07, 6.45) is 1.02. The lowest BCUT2D eigenvalue weighted by atomic mass is 9.85. The average molecular weight is 358 g/mol. The zero-order chi connectivity index (χ0) is 18.2. The number of aliphatic hydroxyl groups excluding tert-OH is 1. The van der Waals surface area contributed by atoms with Gasteiger partial charge >= 0.3 is 0 Å². The number of aliphatic hydroxyl groups is 1. The van der Waals surface area contributed by atoms with E-state index in [2.05, 4.69) is 49.2 Å². The van der Waals surface area contributed by atoms with Crippen molar-refractivity contribution in [1.29, 1.82) is 0 Å². The molecule has 1 unspecified atom stereocenters. The predicted octanol–water partition coefficient (Wildman–Crippen LogP) is 4.68. The van der Waals surface area contributed by atoms with Crippen molar-refractivity contribution >= 4 is 22.6 Å². The molecule has 0 aliphatic heterocycles. The second-order valence-corrected chi connectivity index (χ2v) is 7.96. The van der Waals surface area contributed by atoms with Crippen LogP contribution in [-0.4, -0.2) is 26.2 Å². The first-order valence-corrected chi connectivity index (χ1v) is 8.99. The number of halogens is 1. The molecule has 25 heavy (non-hydrogen) atoms. The second-order valence-electron chi connectivity index (χ2n) is 7.53. The fourth-order valence-corrected chi connectivity index (χ4v) is 2.93. The molecular weight excluding hydrogens is 334 g/mol. The van der Waals surface area contributed by atoms with Crippen LogP contribution in [0.15, 0.2) is 36.4 Å². The van der Waals surface area contributed by atoms with Crippen molar-refractivity contribution in [3.8, 4) is 5.69 Å². The average Bonchev–Trinajstić information content (AvgIpc) is 2.96. The fourth-order valence-electron chi connectivity index (χ4n) is 2.76. The van der Waals surface area contributed by atoms with E-state index >= 15 is 0 Å². The van der Waals surface area contributed by atoms with Crippen LogP contribution >= 0.6 is 11.6 Å². The maximum atomic E-state index is 10.1. The molecule has 1 aromatic heterocycles. The molecule has 3 aromatic rings. The monoisotopic (exact) mass is 357 g/mol. The lowest BCUT2D eigenvalue weighted by molar-refractivity contribution is 0.171. The number of rotatable bonds is 4. The number of hydrogen-bond donors (Lipinski definition) is 1. The van der Waals surface area contributed by atoms with Gasteiger partial charge < -0.3 is 5.11 Å². The Balaban J connectivity index is 2.10. The summed E-state index contributed by atoms with van der Waals surface area (Å²) in [6.45, 7) is 8.53. The number of hydrogen-bond acceptors (Lipinski definition) is 3. The van der Waals surface area contributed by atoms with Crippen molar-refractivity contribution in [3.05, 3.63) is 52.5 Å². The minimum atomic E-state index is -0.341. The van der Waals surface area contributed by atoms with E-state index in [0.717, 1.165) is 28.7 Å². The first-order chi connectivity index (χ1) is 11.8. The topological polar surface area (TPSA) is 50.9 Å². The predicted molar refractivity (Wildman–Crippen MR) is 103 cm³/mol. The summed E-state index contributed by atoms with van der Waals surface area (Å²) in [7, 11) is 0. The van der Waals surface area contributed by atoms with E-state index in [9.17, 15) is 5.11 Å². The van der Waals surface area contributed by atoms with Crippen LogP contribution < -0.4 is 0 Å². The summed E-state index contributed by atoms with van der Waals surface area (Å²) in [5.41, 5.74) is 4.76. The lowest BCUT2D eigenvalue weighted by Gasteiger charge is -2.21. The molecule has 0 aliphatic rings. The van der Waals surface area contributed by atoms with Crippen LogP contribution in [0.3, 0.4) is 0 Å². The van der Waals surface area contributed by atoms with Crippen LogP contribution in [0.1, 0.15) is 45.2 Å². The smallest absolute Gasteiger partial charge is 0.115 e. The summed E-state index contributed by atoms with van der Waals surface area (Å²) in [5.74, 6) is 0. The highest BCUT2D eigenvalue weighted by atomic mass is 35.5. The quantitative estimate of drug-likeness (QED) is 0.737. The molecule has 1 N–H and O–H groups in total. The van der Waals surface area contributed by atoms with Crippen molar-refractivity contribution in [2.75, 3.05) is 0 Å². The molecular formula is C20H24ClN3O. The van der Waals surface area contributed by atoms with E-state index in [1.165, 1.54) is 5.56 Å². The zero-order valence-electron chi connectivity index (χ0n) is 15.1. The van der Waals surface area contributed by atoms with Gasteiger partial charge in [0.1, 0.15) is 11.0 Å². The van der Waals surface area contributed by atoms with Crippen LogP contribution in [0.4, 0.5) is 0 Å². The zero-order valence-corrected chi connectivity index (χ0v) is 15.9. The Hall–Kier alpha value is -1.91. The van der Waals surface area contributed by atoms with E-state index in [1.54, 1.807) is 4.80 Å². The third-order valence-corrected chi connectivity index (χ3v) is 4.59. The summed E-state index contributed by atoms with van der Waals surface area (Å²) in [5, 5.41) is 19.8. The SMILES string of the molecule is CCC(O)Cc1cc(-n2nc3ccc(Cl)cc3n2)cc(C(C)(C)C)c1. The maximum absolute atomic E-state index is 10.1. The fraction of sp³-hybridized carbons (Fsp3) is 0.400. The summed E-state index contributed by atoms with van der Waals surface area (Å²) < 4.78 is 0. The molecule has 0 spiro atoms. The highest BCUT2D eigenvalue weighted by Crippen LogP contribution is 2.27. The molecule has 1 atom stereocenters. The van der Waals surface area contributed by atoms with Crippen LogP contribution in [-0.2, 0) is 11.8 Å². The van der Waals surface area contributed by atoms with Crippen LogP contribution in [0, 0.1) is 0 Å². The van der Waals surface area contributed by atoms with Gasteiger partial charge in [-0.2, -0.15) is 4.80 Å². The molecule has 1 heterocycles. The molecule has 2 aromatic carbocycles. The standard InChI is InChI=1S/C20H24ClN3O/c1-5-17(25)10-13-8-14(20(2,3)4)11-16(9-13)24-22-18-7-6-15(21)12-19(18)23-24/h6-9,11-12,17,25H,5,10H2,1-4H3. The van der Waals surface area contributed by atoms with Crippen molar-refractivity contribution in [2.45, 2.75) is 52.1 Å². The van der Waals surface area contributed by atoms with Crippen molar-refractivity contribution in [1.82, 2.24) is 15.0 Å². The lowest BCUT2D eigenvalue weighted by Crippen LogP contribution is -2.15. The Morgan fingerprint density at radius 3 is 2.48 bits per heavy atom. The van der Waals surface area contributed by atoms with Gasteiger partial charge in [0.2, 0.25) is 0 Å². The molecule has 0 radical (unpaired) electrons. The maximum Gasteiger partial charge on any atom is 0.115 e. The molecule has 5 heteroatoms. The van der Waals surface area contributed by atoms with Gasteiger partial charge in [-0.3, -0.25) is 0 Å². The van der Waals surface area contributed by atoms with Crippen molar-refractivity contribution < 1.29 is 5.11 Å². The Morgan fingerprint density at radius 1 is 1.08 bits per heavy atom. The third kappa shape index (κ3) is 4.02. The molecule has 0 saturated carbocycles. The Labute approximate surface area is 153 Å². The molecule has 0 aliphatic carbocycles. The molecule has 132 valence electrons.